The number of pyridine rings is 1. The van der Waals surface area contributed by atoms with Gasteiger partial charge in [0, 0.05) is 29.6 Å². The Balaban J connectivity index is 1.37. The Kier molecular flexibility index (Phi) is 4.72. The summed E-state index contributed by atoms with van der Waals surface area (Å²) < 4.78 is 15.4. The molecule has 2 aliphatic heterocycles. The summed E-state index contributed by atoms with van der Waals surface area (Å²) in [5.74, 6) is 3.33. The van der Waals surface area contributed by atoms with Crippen molar-refractivity contribution in [2.24, 2.45) is 0 Å². The van der Waals surface area contributed by atoms with Crippen LogP contribution in [0.5, 0.6) is 11.6 Å². The second-order valence-corrected chi connectivity index (χ2v) is 9.79. The molecule has 174 valence electrons. The highest BCUT2D eigenvalue weighted by Gasteiger charge is 2.34. The fourth-order valence-electron chi connectivity index (χ4n) is 4.99. The minimum absolute atomic E-state index is 0.0227. The van der Waals surface area contributed by atoms with E-state index in [0.717, 1.165) is 48.9 Å². The summed E-state index contributed by atoms with van der Waals surface area (Å²) in [6.45, 7) is 8.01. The van der Waals surface area contributed by atoms with Gasteiger partial charge in [0.25, 0.3) is 0 Å². The molecule has 0 spiro atoms. The third-order valence-corrected chi connectivity index (χ3v) is 6.85. The molecule has 2 aliphatic rings. The first kappa shape index (κ1) is 20.9. The zero-order chi connectivity index (χ0) is 23.4. The molecule has 3 aromatic heterocycles. The van der Waals surface area contributed by atoms with E-state index < -0.39 is 0 Å². The van der Waals surface area contributed by atoms with Gasteiger partial charge in [-0.2, -0.15) is 0 Å². The highest BCUT2D eigenvalue weighted by molar-refractivity contribution is 5.56. The third-order valence-electron chi connectivity index (χ3n) is 6.85. The molecule has 0 bridgehead atoms. The van der Waals surface area contributed by atoms with Crippen molar-refractivity contribution >= 4 is 0 Å². The van der Waals surface area contributed by atoms with Gasteiger partial charge in [-0.15, -0.1) is 5.10 Å². The molecule has 0 radical (unpaired) electrons. The molecule has 0 N–H and O–H groups in total. The fraction of sp³-hybridized carbons (Fsp3) is 0.385. The van der Waals surface area contributed by atoms with Gasteiger partial charge in [-0.1, -0.05) is 26.0 Å². The molecule has 6 rings (SSSR count). The average molecular weight is 457 g/mol. The molecular formula is C26H28N6O2. The second-order valence-electron chi connectivity index (χ2n) is 9.79. The van der Waals surface area contributed by atoms with Gasteiger partial charge in [-0.25, -0.2) is 19.6 Å². The lowest BCUT2D eigenvalue weighted by atomic mass is 9.83. The minimum atomic E-state index is 0.0227. The van der Waals surface area contributed by atoms with Gasteiger partial charge in [-0.3, -0.25) is 0 Å². The minimum Gasteiger partial charge on any atom is -0.492 e. The first-order valence-electron chi connectivity index (χ1n) is 11.7. The molecular weight excluding hydrogens is 428 g/mol. The van der Waals surface area contributed by atoms with Crippen molar-refractivity contribution in [3.63, 3.8) is 0 Å². The number of hydrogen-bond acceptors (Lipinski definition) is 6. The van der Waals surface area contributed by atoms with Crippen LogP contribution in [0.3, 0.4) is 0 Å². The number of imidazole rings is 1. The predicted molar refractivity (Wildman–Crippen MR) is 128 cm³/mol. The highest BCUT2D eigenvalue weighted by atomic mass is 16.5. The van der Waals surface area contributed by atoms with E-state index in [9.17, 15) is 0 Å². The van der Waals surface area contributed by atoms with Crippen molar-refractivity contribution < 1.29 is 9.47 Å². The maximum absolute atomic E-state index is 5.89. The van der Waals surface area contributed by atoms with E-state index in [0.29, 0.717) is 17.4 Å². The molecule has 8 heteroatoms. The number of fused-ring (bicyclic) bond motifs is 2. The van der Waals surface area contributed by atoms with Gasteiger partial charge in [0.1, 0.15) is 23.0 Å². The van der Waals surface area contributed by atoms with Crippen LogP contribution in [0.4, 0.5) is 0 Å². The molecule has 0 fully saturated rings. The van der Waals surface area contributed by atoms with Gasteiger partial charge in [0.15, 0.2) is 5.82 Å². The van der Waals surface area contributed by atoms with Gasteiger partial charge in [0.05, 0.1) is 25.7 Å². The van der Waals surface area contributed by atoms with Crippen LogP contribution in [0.15, 0.2) is 42.9 Å². The Morgan fingerprint density at radius 3 is 2.82 bits per heavy atom. The van der Waals surface area contributed by atoms with Crippen LogP contribution in [0.1, 0.15) is 55.3 Å². The van der Waals surface area contributed by atoms with Crippen molar-refractivity contribution in [2.45, 2.75) is 51.5 Å². The van der Waals surface area contributed by atoms with E-state index in [4.69, 9.17) is 24.5 Å². The number of hydrogen-bond donors (Lipinski definition) is 0. The molecule has 1 aromatic carbocycles. The molecule has 0 unspecified atom stereocenters. The van der Waals surface area contributed by atoms with Crippen LogP contribution in [0, 0.1) is 6.92 Å². The number of rotatable bonds is 4. The molecule has 0 saturated carbocycles. The first-order valence-corrected chi connectivity index (χ1v) is 11.7. The molecule has 34 heavy (non-hydrogen) atoms. The number of nitrogens with zero attached hydrogens (tertiary/aromatic N) is 6. The molecule has 5 heterocycles. The molecule has 0 aliphatic carbocycles. The number of benzene rings is 1. The molecule has 4 aromatic rings. The van der Waals surface area contributed by atoms with E-state index in [1.54, 1.807) is 13.4 Å². The van der Waals surface area contributed by atoms with Gasteiger partial charge < -0.3 is 14.0 Å². The van der Waals surface area contributed by atoms with Crippen molar-refractivity contribution in [3.05, 3.63) is 65.5 Å². The van der Waals surface area contributed by atoms with Crippen molar-refractivity contribution in [2.75, 3.05) is 13.7 Å². The van der Waals surface area contributed by atoms with Crippen LogP contribution >= 0.6 is 0 Å². The van der Waals surface area contributed by atoms with Crippen LogP contribution in [-0.2, 0) is 12.0 Å². The van der Waals surface area contributed by atoms with Crippen LogP contribution in [0.2, 0.25) is 0 Å². The highest BCUT2D eigenvalue weighted by Crippen LogP contribution is 2.42. The number of aromatic nitrogens is 6. The smallest absolute Gasteiger partial charge is 0.238 e. The molecule has 1 atom stereocenters. The Morgan fingerprint density at radius 2 is 2.03 bits per heavy atom. The lowest BCUT2D eigenvalue weighted by molar-refractivity contribution is 0.291. The number of methoxy groups -OCH3 is 1. The van der Waals surface area contributed by atoms with E-state index in [1.807, 2.05) is 34.5 Å². The SMILES string of the molecule is COc1nc(-c2nc3n(n2)CCC[C@H]3c2ccc3c(c2)C(C)(C)CO3)ccc1-n1cnc(C)c1. The van der Waals surface area contributed by atoms with Crippen LogP contribution in [0.25, 0.3) is 17.2 Å². The zero-order valence-electron chi connectivity index (χ0n) is 19.9. The number of ether oxygens (including phenoxy) is 2. The molecule has 0 saturated heterocycles. The fourth-order valence-corrected chi connectivity index (χ4v) is 4.99. The Labute approximate surface area is 198 Å². The second kappa shape index (κ2) is 7.68. The largest absolute Gasteiger partial charge is 0.492 e. The van der Waals surface area contributed by atoms with Gasteiger partial charge in [-0.05, 0) is 43.5 Å². The summed E-state index contributed by atoms with van der Waals surface area (Å²) >= 11 is 0. The summed E-state index contributed by atoms with van der Waals surface area (Å²) in [4.78, 5) is 14.0. The summed E-state index contributed by atoms with van der Waals surface area (Å²) in [5.41, 5.74) is 5.03. The maximum Gasteiger partial charge on any atom is 0.238 e. The van der Waals surface area contributed by atoms with Crippen molar-refractivity contribution in [1.29, 1.82) is 0 Å². The summed E-state index contributed by atoms with van der Waals surface area (Å²) in [5, 5.41) is 4.82. The third kappa shape index (κ3) is 3.36. The standard InChI is InChI=1S/C26H28N6O2/c1-16-13-31(15-27-16)21-9-8-20(28-25(21)33-4)23-29-24-18(6-5-11-32(24)30-23)17-7-10-22-19(12-17)26(2,3)14-34-22/h7-10,12-13,15,18H,5-6,11,14H2,1-4H3/t18-/m0/s1. The Bertz CT molecular complexity index is 1390. The van der Waals surface area contributed by atoms with Gasteiger partial charge >= 0.3 is 0 Å². The van der Waals surface area contributed by atoms with E-state index in [1.165, 1.54) is 11.1 Å². The first-order chi connectivity index (χ1) is 16.4. The number of aryl methyl sites for hydroxylation is 2. The quantitative estimate of drug-likeness (QED) is 0.452. The lowest BCUT2D eigenvalue weighted by Crippen LogP contribution is -2.20. The van der Waals surface area contributed by atoms with E-state index >= 15 is 0 Å². The lowest BCUT2D eigenvalue weighted by Gasteiger charge is -2.24. The summed E-state index contributed by atoms with van der Waals surface area (Å²) in [7, 11) is 1.63. The summed E-state index contributed by atoms with van der Waals surface area (Å²) in [6.07, 6.45) is 5.82. The maximum atomic E-state index is 5.89. The van der Waals surface area contributed by atoms with Crippen LogP contribution < -0.4 is 9.47 Å². The van der Waals surface area contributed by atoms with Crippen LogP contribution in [-0.4, -0.2) is 43.0 Å². The molecule has 8 nitrogen and oxygen atoms in total. The zero-order valence-corrected chi connectivity index (χ0v) is 19.9. The Hall–Kier alpha value is -3.68. The molecule has 0 amide bonds. The Morgan fingerprint density at radius 1 is 1.15 bits per heavy atom. The topological polar surface area (TPSA) is 79.9 Å². The predicted octanol–water partition coefficient (Wildman–Crippen LogP) is 4.44. The summed E-state index contributed by atoms with van der Waals surface area (Å²) in [6, 6.07) is 10.5. The normalized spacial score (nSPS) is 18.3. The van der Waals surface area contributed by atoms with Crippen molar-refractivity contribution in [1.82, 2.24) is 29.3 Å². The average Bonchev–Trinajstić information content (AvgIpc) is 3.55. The monoisotopic (exact) mass is 456 g/mol. The van der Waals surface area contributed by atoms with Gasteiger partial charge in [0.2, 0.25) is 5.88 Å². The van der Waals surface area contributed by atoms with Crippen molar-refractivity contribution in [3.8, 4) is 28.8 Å². The van der Waals surface area contributed by atoms with E-state index in [2.05, 4.69) is 37.0 Å². The van der Waals surface area contributed by atoms with E-state index in [-0.39, 0.29) is 11.3 Å².